The van der Waals surface area contributed by atoms with E-state index in [1.165, 1.54) is 6.07 Å². The van der Waals surface area contributed by atoms with Gasteiger partial charge in [0.2, 0.25) is 5.91 Å². The second-order valence-corrected chi connectivity index (χ2v) is 5.42. The highest BCUT2D eigenvalue weighted by atomic mass is 19.3. The largest absolute Gasteiger partial charge is 0.493 e. The molecule has 0 aliphatic heterocycles. The Balaban J connectivity index is 1.93. The summed E-state index contributed by atoms with van der Waals surface area (Å²) in [4.78, 5) is 12.1. The highest BCUT2D eigenvalue weighted by Crippen LogP contribution is 2.31. The molecule has 0 spiro atoms. The van der Waals surface area contributed by atoms with Gasteiger partial charge < -0.3 is 19.5 Å². The lowest BCUT2D eigenvalue weighted by atomic mass is 10.1. The average molecular weight is 365 g/mol. The number of alkyl halides is 2. The molecule has 140 valence electrons. The predicted octanol–water partition coefficient (Wildman–Crippen LogP) is 3.55. The maximum absolute atomic E-state index is 12.4. The molecule has 0 saturated carbocycles. The number of nitrogens with one attached hydrogen (secondary N) is 1. The van der Waals surface area contributed by atoms with Gasteiger partial charge in [-0.3, -0.25) is 4.79 Å². The Morgan fingerprint density at radius 3 is 2.38 bits per heavy atom. The van der Waals surface area contributed by atoms with E-state index in [0.717, 1.165) is 5.56 Å². The Morgan fingerprint density at radius 1 is 1.00 bits per heavy atom. The first-order valence-corrected chi connectivity index (χ1v) is 8.04. The van der Waals surface area contributed by atoms with Crippen molar-refractivity contribution >= 4 is 5.91 Å². The van der Waals surface area contributed by atoms with Crippen LogP contribution in [0, 0.1) is 0 Å². The lowest BCUT2D eigenvalue weighted by Gasteiger charge is -2.13. The fourth-order valence-corrected chi connectivity index (χ4v) is 2.54. The molecule has 1 N–H and O–H groups in total. The van der Waals surface area contributed by atoms with Crippen LogP contribution in [0.5, 0.6) is 17.2 Å². The fraction of sp³-hybridized carbons (Fsp3) is 0.316. The van der Waals surface area contributed by atoms with E-state index < -0.39 is 6.61 Å². The molecule has 0 aliphatic carbocycles. The van der Waals surface area contributed by atoms with Crippen LogP contribution in [0.1, 0.15) is 17.5 Å². The van der Waals surface area contributed by atoms with Crippen LogP contribution in [0.2, 0.25) is 0 Å². The second kappa shape index (κ2) is 9.60. The molecule has 0 heterocycles. The van der Waals surface area contributed by atoms with Crippen LogP contribution < -0.4 is 19.5 Å². The number of ether oxygens (including phenoxy) is 3. The smallest absolute Gasteiger partial charge is 0.387 e. The maximum atomic E-state index is 12.4. The summed E-state index contributed by atoms with van der Waals surface area (Å²) in [5.74, 6) is 1.04. The molecule has 26 heavy (non-hydrogen) atoms. The van der Waals surface area contributed by atoms with Gasteiger partial charge in [0.15, 0.2) is 11.5 Å². The molecule has 0 aliphatic rings. The molecule has 0 fully saturated rings. The summed E-state index contributed by atoms with van der Waals surface area (Å²) in [6.07, 6.45) is 0.683. The Labute approximate surface area is 150 Å². The van der Waals surface area contributed by atoms with Crippen molar-refractivity contribution in [1.29, 1.82) is 0 Å². The first-order valence-electron chi connectivity index (χ1n) is 8.04. The predicted molar refractivity (Wildman–Crippen MR) is 92.8 cm³/mol. The van der Waals surface area contributed by atoms with Gasteiger partial charge in [0.05, 0.1) is 14.2 Å². The normalized spacial score (nSPS) is 10.5. The summed E-state index contributed by atoms with van der Waals surface area (Å²) in [5.41, 5.74) is 1.34. The van der Waals surface area contributed by atoms with E-state index in [-0.39, 0.29) is 24.6 Å². The van der Waals surface area contributed by atoms with Crippen molar-refractivity contribution in [1.82, 2.24) is 5.32 Å². The molecule has 0 bridgehead atoms. The number of para-hydroxylation sites is 2. The Kier molecular flexibility index (Phi) is 7.20. The molecular weight excluding hydrogens is 344 g/mol. The lowest BCUT2D eigenvalue weighted by molar-refractivity contribution is -0.121. The minimum absolute atomic E-state index is 0.0530. The number of carbonyl (C=O) groups excluding carboxylic acids is 1. The van der Waals surface area contributed by atoms with Gasteiger partial charge in [-0.25, -0.2) is 0 Å². The minimum atomic E-state index is -2.91. The van der Waals surface area contributed by atoms with Crippen LogP contribution in [0.15, 0.2) is 42.5 Å². The molecule has 0 radical (unpaired) electrons. The van der Waals surface area contributed by atoms with Crippen LogP contribution in [-0.2, 0) is 17.8 Å². The first-order chi connectivity index (χ1) is 12.5. The molecule has 2 aromatic rings. The quantitative estimate of drug-likeness (QED) is 0.738. The number of benzene rings is 2. The Morgan fingerprint density at radius 2 is 1.69 bits per heavy atom. The zero-order chi connectivity index (χ0) is 18.9. The topological polar surface area (TPSA) is 56.8 Å². The van der Waals surface area contributed by atoms with Gasteiger partial charge in [0.25, 0.3) is 0 Å². The third-order valence-corrected chi connectivity index (χ3v) is 3.77. The molecule has 0 saturated heterocycles. The van der Waals surface area contributed by atoms with Gasteiger partial charge in [-0.2, -0.15) is 8.78 Å². The third-order valence-electron chi connectivity index (χ3n) is 3.77. The van der Waals surface area contributed by atoms with Gasteiger partial charge in [0, 0.05) is 18.5 Å². The van der Waals surface area contributed by atoms with Crippen molar-refractivity contribution in [3.8, 4) is 17.2 Å². The van der Waals surface area contributed by atoms with E-state index in [2.05, 4.69) is 10.1 Å². The zero-order valence-corrected chi connectivity index (χ0v) is 14.6. The van der Waals surface area contributed by atoms with Crippen molar-refractivity contribution in [2.45, 2.75) is 26.0 Å². The van der Waals surface area contributed by atoms with Crippen LogP contribution in [0.4, 0.5) is 8.78 Å². The molecular formula is C19H21F2NO4. The number of hydrogen-bond donors (Lipinski definition) is 1. The Bertz CT molecular complexity index is 737. The van der Waals surface area contributed by atoms with Crippen molar-refractivity contribution in [2.75, 3.05) is 14.2 Å². The SMILES string of the molecule is COc1cccc(CCC(=O)NCc2ccccc2OC(F)F)c1OC. The summed E-state index contributed by atoms with van der Waals surface area (Å²) in [6, 6.07) is 11.8. The molecule has 0 aromatic heterocycles. The minimum Gasteiger partial charge on any atom is -0.493 e. The van der Waals surface area contributed by atoms with Gasteiger partial charge in [-0.1, -0.05) is 30.3 Å². The molecule has 0 unspecified atom stereocenters. The number of rotatable bonds is 9. The standard InChI is InChI=1S/C19H21F2NO4/c1-24-16-9-5-7-13(18(16)25-2)10-11-17(23)22-12-14-6-3-4-8-15(14)26-19(20)21/h3-9,19H,10-12H2,1-2H3,(H,22,23). The average Bonchev–Trinajstić information content (AvgIpc) is 2.64. The van der Waals surface area contributed by atoms with Gasteiger partial charge >= 0.3 is 6.61 Å². The maximum Gasteiger partial charge on any atom is 0.387 e. The fourth-order valence-electron chi connectivity index (χ4n) is 2.54. The number of hydrogen-bond acceptors (Lipinski definition) is 4. The van der Waals surface area contributed by atoms with E-state index in [1.54, 1.807) is 38.5 Å². The summed E-state index contributed by atoms with van der Waals surface area (Å²) in [6.45, 7) is -2.80. The van der Waals surface area contributed by atoms with Crippen LogP contribution in [0.3, 0.4) is 0 Å². The molecule has 1 amide bonds. The Hall–Kier alpha value is -2.83. The van der Waals surface area contributed by atoms with Crippen molar-refractivity contribution < 1.29 is 27.8 Å². The highest BCUT2D eigenvalue weighted by molar-refractivity contribution is 5.76. The molecule has 7 heteroatoms. The van der Waals surface area contributed by atoms with Crippen LogP contribution in [-0.4, -0.2) is 26.7 Å². The third kappa shape index (κ3) is 5.34. The molecule has 2 rings (SSSR count). The number of carbonyl (C=O) groups is 1. The van der Waals surface area contributed by atoms with Gasteiger partial charge in [0.1, 0.15) is 5.75 Å². The van der Waals surface area contributed by atoms with Crippen molar-refractivity contribution in [3.63, 3.8) is 0 Å². The number of halogens is 2. The zero-order valence-electron chi connectivity index (χ0n) is 14.6. The summed E-state index contributed by atoms with van der Waals surface area (Å²) < 4.78 is 39.8. The van der Waals surface area contributed by atoms with Crippen molar-refractivity contribution in [2.24, 2.45) is 0 Å². The van der Waals surface area contributed by atoms with Crippen LogP contribution in [0.25, 0.3) is 0 Å². The number of amides is 1. The van der Waals surface area contributed by atoms with E-state index in [4.69, 9.17) is 9.47 Å². The highest BCUT2D eigenvalue weighted by Gasteiger charge is 2.13. The van der Waals surface area contributed by atoms with E-state index in [0.29, 0.717) is 23.5 Å². The van der Waals surface area contributed by atoms with E-state index in [1.807, 2.05) is 12.1 Å². The molecule has 5 nitrogen and oxygen atoms in total. The first kappa shape index (κ1) is 19.5. The lowest BCUT2D eigenvalue weighted by Crippen LogP contribution is -2.23. The van der Waals surface area contributed by atoms with Crippen molar-refractivity contribution in [3.05, 3.63) is 53.6 Å². The number of aryl methyl sites for hydroxylation is 1. The monoisotopic (exact) mass is 365 g/mol. The summed E-state index contributed by atoms with van der Waals surface area (Å²) in [5, 5.41) is 2.71. The summed E-state index contributed by atoms with van der Waals surface area (Å²) >= 11 is 0. The van der Waals surface area contributed by atoms with E-state index >= 15 is 0 Å². The summed E-state index contributed by atoms with van der Waals surface area (Å²) in [7, 11) is 3.09. The van der Waals surface area contributed by atoms with Gasteiger partial charge in [-0.05, 0) is 24.1 Å². The number of methoxy groups -OCH3 is 2. The van der Waals surface area contributed by atoms with Gasteiger partial charge in [-0.15, -0.1) is 0 Å². The molecule has 2 aromatic carbocycles. The second-order valence-electron chi connectivity index (χ2n) is 5.42. The van der Waals surface area contributed by atoms with Crippen LogP contribution >= 0.6 is 0 Å². The van der Waals surface area contributed by atoms with E-state index in [9.17, 15) is 13.6 Å². The molecule has 0 atom stereocenters.